The molecule has 14 fully saturated rings. The van der Waals surface area contributed by atoms with Crippen molar-refractivity contribution in [2.75, 3.05) is 26.4 Å². The molecule has 14 aliphatic rings. The van der Waals surface area contributed by atoms with Crippen LogP contribution in [0.2, 0.25) is 0 Å². The van der Waals surface area contributed by atoms with Crippen LogP contribution in [0.3, 0.4) is 0 Å². The van der Waals surface area contributed by atoms with Gasteiger partial charge >= 0.3 is 75.9 Å². The van der Waals surface area contributed by atoms with Gasteiger partial charge in [-0.3, -0.25) is 29.3 Å². The quantitative estimate of drug-likeness (QED) is 0.00924. The van der Waals surface area contributed by atoms with Crippen LogP contribution in [-0.2, 0) is 97.7 Å². The average Bonchev–Trinajstić information content (AvgIpc) is 1.01. The summed E-state index contributed by atoms with van der Waals surface area (Å²) in [5, 5.41) is 38.8. The van der Waals surface area contributed by atoms with Crippen LogP contribution in [0.25, 0.3) is 0 Å². The summed E-state index contributed by atoms with van der Waals surface area (Å²) in [6.07, 6.45) is 9.76. The molecule has 14 unspecified atom stereocenters. The van der Waals surface area contributed by atoms with E-state index in [1.54, 1.807) is 0 Å². The first-order chi connectivity index (χ1) is 53.9. The van der Waals surface area contributed by atoms with Crippen molar-refractivity contribution in [3.63, 3.8) is 0 Å². The first kappa shape index (κ1) is 85.7. The van der Waals surface area contributed by atoms with Crippen LogP contribution in [0.5, 0.6) is 11.5 Å². The third-order valence-corrected chi connectivity index (χ3v) is 29.6. The molecule has 2 saturated heterocycles. The first-order valence-corrected chi connectivity index (χ1v) is 41.6. The van der Waals surface area contributed by atoms with Gasteiger partial charge in [0.2, 0.25) is 0 Å². The van der Waals surface area contributed by atoms with Crippen LogP contribution in [0.4, 0.5) is 17.6 Å². The predicted molar refractivity (Wildman–Crippen MR) is 388 cm³/mol. The van der Waals surface area contributed by atoms with Crippen molar-refractivity contribution in [3.05, 3.63) is 170 Å². The Kier molecular flexibility index (Phi) is 27.2. The molecule has 14 atom stereocenters. The van der Waals surface area contributed by atoms with Crippen LogP contribution in [0.15, 0.2) is 199 Å². The third kappa shape index (κ3) is 19.2. The van der Waals surface area contributed by atoms with Gasteiger partial charge in [0.15, 0.2) is 55.8 Å². The minimum atomic E-state index is -3.57. The van der Waals surface area contributed by atoms with Gasteiger partial charge in [-0.2, -0.15) is 26.2 Å². The number of alkyl halides is 4. The van der Waals surface area contributed by atoms with Crippen molar-refractivity contribution in [1.82, 2.24) is 0 Å². The molecule has 12 saturated carbocycles. The Morgan fingerprint density at radius 2 is 0.763 bits per heavy atom. The third-order valence-electron chi connectivity index (χ3n) is 24.1. The Balaban J connectivity index is 0.000000135. The Bertz CT molecular complexity index is 3950. The summed E-state index contributed by atoms with van der Waals surface area (Å²) < 4.78 is 104. The van der Waals surface area contributed by atoms with Crippen molar-refractivity contribution in [3.8, 4) is 11.5 Å². The zero-order valence-corrected chi connectivity index (χ0v) is 68.0. The Labute approximate surface area is 698 Å². The van der Waals surface area contributed by atoms with Gasteiger partial charge in [-0.1, -0.05) is 72.8 Å². The van der Waals surface area contributed by atoms with E-state index >= 15 is 0 Å². The van der Waals surface area contributed by atoms with Gasteiger partial charge in [-0.25, -0.2) is 9.59 Å². The number of esters is 6. The second-order valence-electron chi connectivity index (χ2n) is 31.9. The molecule has 32 heteroatoms. The van der Waals surface area contributed by atoms with Crippen molar-refractivity contribution in [2.24, 2.45) is 70.0 Å². The molecule has 6 aromatic rings. The van der Waals surface area contributed by atoms with Crippen molar-refractivity contribution in [1.29, 1.82) is 0 Å². The fourth-order valence-electron chi connectivity index (χ4n) is 20.9. The molecular formula is C82H84ClF4NaO22S4. The number of rotatable bonds is 26. The van der Waals surface area contributed by atoms with Gasteiger partial charge < -0.3 is 71.0 Å². The van der Waals surface area contributed by atoms with Crippen LogP contribution in [-0.4, -0.2) is 119 Å². The molecule has 114 heavy (non-hydrogen) atoms. The smallest absolute Gasteiger partial charge is 1.00 e. The van der Waals surface area contributed by atoms with Crippen LogP contribution in [0.1, 0.15) is 103 Å². The Hall–Kier alpha value is -6.17. The van der Waals surface area contributed by atoms with Gasteiger partial charge in [0.25, 0.3) is 0 Å². The summed E-state index contributed by atoms with van der Waals surface area (Å²) in [6.45, 7) is -2.73. The fourth-order valence-corrected chi connectivity index (χ4v) is 25.5. The number of carbonyl (C=O) groups excluding carboxylic acids is 6. The fraction of sp³-hybridized carbons (Fsp3) is 0.488. The zero-order chi connectivity index (χ0) is 78.2. The maximum atomic E-state index is 13.3. The topological polar surface area (TPSA) is 300 Å². The molecule has 604 valence electrons. The molecule has 22 nitrogen and oxygen atoms in total. The number of benzene rings is 6. The molecule has 0 amide bonds. The minimum Gasteiger partial charge on any atom is -1.00 e. The van der Waals surface area contributed by atoms with E-state index < -0.39 is 93.7 Å². The summed E-state index contributed by atoms with van der Waals surface area (Å²) in [4.78, 5) is 80.8. The van der Waals surface area contributed by atoms with E-state index in [0.29, 0.717) is 62.9 Å². The van der Waals surface area contributed by atoms with Gasteiger partial charge in [-0.15, -0.1) is 0 Å². The summed E-state index contributed by atoms with van der Waals surface area (Å²) in [5.74, 6) is 0.674. The maximum absolute atomic E-state index is 13.3. The van der Waals surface area contributed by atoms with Crippen molar-refractivity contribution >= 4 is 81.7 Å². The molecule has 0 aromatic heterocycles. The van der Waals surface area contributed by atoms with Gasteiger partial charge in [0, 0.05) is 23.7 Å². The largest absolute Gasteiger partial charge is 1.00 e. The van der Waals surface area contributed by atoms with E-state index in [-0.39, 0.29) is 185 Å². The molecule has 0 spiro atoms. The summed E-state index contributed by atoms with van der Waals surface area (Å²) in [5.41, 5.74) is -3.43. The van der Waals surface area contributed by atoms with E-state index in [1.807, 2.05) is 48.5 Å². The molecule has 12 aliphatic carbocycles. The maximum Gasteiger partial charge on any atom is 1.00 e. The SMILES string of the molecule is O=C(COc1ccc([S+](c2ccccc2)c2ccccc2)cc1)OC1C2CC3C(=O)OC1C3C2.O=C(COc1ccc([S+](c2ccccc2)c2ccccc2)cc1)OC1C2CC3C(=O)OC1C3C2.O=C(OCC(F)(F)SOO[O-])C12CC3CC(CC(O)(C3)C1)C2.O=C(OCC(F)(F)SOO[O-])C12CC3CC(CC(O)(C3)C1)C2.[Cl-].[Na+]. The second kappa shape index (κ2) is 36.2. The van der Waals surface area contributed by atoms with Crippen LogP contribution in [0, 0.1) is 70.0 Å². The number of ether oxygens (including phenoxy) is 8. The molecule has 6 aromatic carbocycles. The number of aliphatic hydroxyl groups is 2. The van der Waals surface area contributed by atoms with Gasteiger partial charge in [0.05, 0.1) is 55.7 Å². The van der Waals surface area contributed by atoms with Crippen LogP contribution < -0.4 is 62.0 Å². The normalized spacial score (nSPS) is 31.2. The van der Waals surface area contributed by atoms with E-state index in [9.17, 15) is 67.1 Å². The molecule has 2 aliphatic heterocycles. The van der Waals surface area contributed by atoms with Gasteiger partial charge in [-0.05, 0) is 223 Å². The number of carbonyl (C=O) groups is 6. The van der Waals surface area contributed by atoms with E-state index in [2.05, 4.69) is 140 Å². The molecular weight excluding hydrogens is 1600 g/mol. The molecule has 0 radical (unpaired) electrons. The second-order valence-corrected chi connectivity index (χ2v) is 37.8. The summed E-state index contributed by atoms with van der Waals surface area (Å²) in [6, 6.07) is 57.6. The summed E-state index contributed by atoms with van der Waals surface area (Å²) >= 11 is -0.995. The van der Waals surface area contributed by atoms with Gasteiger partial charge in [0.1, 0.15) is 60.0 Å². The molecule has 2 N–H and O–H groups in total. The molecule has 12 bridgehead atoms. The predicted octanol–water partition coefficient (Wildman–Crippen LogP) is 5.97. The number of hydrogen-bond acceptors (Lipinski definition) is 24. The number of halogens is 5. The summed E-state index contributed by atoms with van der Waals surface area (Å²) in [7, 11) is -0.466. The number of hydrogen-bond donors (Lipinski definition) is 2. The van der Waals surface area contributed by atoms with E-state index in [1.165, 1.54) is 29.4 Å². The van der Waals surface area contributed by atoms with E-state index in [4.69, 9.17) is 37.9 Å². The first-order valence-electron chi connectivity index (χ1n) is 37.6. The van der Waals surface area contributed by atoms with Crippen molar-refractivity contribution in [2.45, 2.75) is 178 Å². The minimum absolute atomic E-state index is 0. The van der Waals surface area contributed by atoms with Crippen molar-refractivity contribution < 1.29 is 166 Å². The Morgan fingerprint density at radius 1 is 0.456 bits per heavy atom. The molecule has 20 rings (SSSR count). The number of fused-ring (bicyclic) bond motifs is 2. The average molecular weight is 1680 g/mol. The van der Waals surface area contributed by atoms with E-state index in [0.717, 1.165) is 38.5 Å². The van der Waals surface area contributed by atoms with Crippen LogP contribution >= 0.6 is 24.1 Å². The molecule has 2 heterocycles. The monoisotopic (exact) mass is 1680 g/mol. The zero-order valence-electron chi connectivity index (χ0n) is 62.0. The Morgan fingerprint density at radius 3 is 1.06 bits per heavy atom. The standard InChI is InChI=1S/2C28H25O5S.2C13H18F2O6S.ClH.Na/c2*29-25(32-26-18-15-23-24(16-18)28(30)33-27(23)26)17-31-19-11-13-22(14-12-19)34(20-7-3-1-4-8-20)21-9-5-2-6-10-21;2*14-13(15,22-21-20-18)7-19-10(16)11-2-8-1-9(3-11)5-12(17,4-8)6-11;;/h2*1-14,18,23-24,26-27H,15-17H2;2*8-9,17-18H,1-7H2;1H;/q2*+1;;;;+1/p-3.